The summed E-state index contributed by atoms with van der Waals surface area (Å²) in [5, 5.41) is 4.11. The minimum absolute atomic E-state index is 0.0192. The number of thiophene rings is 1. The number of rotatable bonds is 2. The summed E-state index contributed by atoms with van der Waals surface area (Å²) in [4.78, 5) is 3.96. The SMILES string of the molecule is N[C@@H](c1ccncc1)c1ccsc1. The van der Waals surface area contributed by atoms with Crippen LogP contribution in [0.3, 0.4) is 0 Å². The summed E-state index contributed by atoms with van der Waals surface area (Å²) < 4.78 is 0. The average Bonchev–Trinajstić information content (AvgIpc) is 2.71. The van der Waals surface area contributed by atoms with Crippen molar-refractivity contribution in [1.82, 2.24) is 4.98 Å². The zero-order valence-corrected chi connectivity index (χ0v) is 7.87. The molecule has 1 atom stereocenters. The first kappa shape index (κ1) is 8.41. The number of pyridine rings is 1. The van der Waals surface area contributed by atoms with E-state index >= 15 is 0 Å². The van der Waals surface area contributed by atoms with Gasteiger partial charge in [-0.25, -0.2) is 0 Å². The third-order valence-electron chi connectivity index (χ3n) is 1.97. The monoisotopic (exact) mass is 190 g/mol. The molecule has 13 heavy (non-hydrogen) atoms. The van der Waals surface area contributed by atoms with Crippen molar-refractivity contribution in [3.8, 4) is 0 Å². The summed E-state index contributed by atoms with van der Waals surface area (Å²) >= 11 is 1.67. The lowest BCUT2D eigenvalue weighted by molar-refractivity contribution is 0.873. The molecule has 2 N–H and O–H groups in total. The van der Waals surface area contributed by atoms with Crippen LogP contribution in [0.5, 0.6) is 0 Å². The van der Waals surface area contributed by atoms with E-state index in [2.05, 4.69) is 16.4 Å². The summed E-state index contributed by atoms with van der Waals surface area (Å²) in [6, 6.07) is 5.93. The number of aromatic nitrogens is 1. The zero-order valence-electron chi connectivity index (χ0n) is 7.05. The Bertz CT molecular complexity index is 356. The Morgan fingerprint density at radius 3 is 2.54 bits per heavy atom. The van der Waals surface area contributed by atoms with Crippen molar-refractivity contribution in [3.63, 3.8) is 0 Å². The molecule has 0 saturated heterocycles. The van der Waals surface area contributed by atoms with Gasteiger partial charge >= 0.3 is 0 Å². The highest BCUT2D eigenvalue weighted by Crippen LogP contribution is 2.20. The number of nitrogens with zero attached hydrogens (tertiary/aromatic N) is 1. The quantitative estimate of drug-likeness (QED) is 0.788. The van der Waals surface area contributed by atoms with E-state index in [9.17, 15) is 0 Å². The molecule has 2 heterocycles. The van der Waals surface area contributed by atoms with Crippen LogP contribution in [0.25, 0.3) is 0 Å². The van der Waals surface area contributed by atoms with Gasteiger partial charge in [-0.2, -0.15) is 11.3 Å². The summed E-state index contributed by atoms with van der Waals surface area (Å²) in [7, 11) is 0. The topological polar surface area (TPSA) is 38.9 Å². The highest BCUT2D eigenvalue weighted by atomic mass is 32.1. The number of nitrogens with two attached hydrogens (primary N) is 1. The molecule has 0 aliphatic heterocycles. The highest BCUT2D eigenvalue weighted by molar-refractivity contribution is 7.07. The van der Waals surface area contributed by atoms with Crippen LogP contribution >= 0.6 is 11.3 Å². The molecule has 66 valence electrons. The molecule has 0 spiro atoms. The van der Waals surface area contributed by atoms with Crippen LogP contribution in [0.4, 0.5) is 0 Å². The standard InChI is InChI=1S/C10H10N2S/c11-10(9-3-6-13-7-9)8-1-4-12-5-2-8/h1-7,10H,11H2/t10-/m0/s1. The first-order valence-electron chi connectivity index (χ1n) is 4.05. The van der Waals surface area contributed by atoms with Crippen LogP contribution in [-0.4, -0.2) is 4.98 Å². The molecule has 0 unspecified atom stereocenters. The minimum atomic E-state index is -0.0192. The molecule has 2 aromatic rings. The van der Waals surface area contributed by atoms with Crippen molar-refractivity contribution in [2.24, 2.45) is 5.73 Å². The maximum absolute atomic E-state index is 6.04. The van der Waals surface area contributed by atoms with Gasteiger partial charge in [-0.1, -0.05) is 0 Å². The van der Waals surface area contributed by atoms with Crippen LogP contribution in [0, 0.1) is 0 Å². The Balaban J connectivity index is 2.29. The van der Waals surface area contributed by atoms with Crippen molar-refractivity contribution >= 4 is 11.3 Å². The molecule has 0 radical (unpaired) electrons. The molecular weight excluding hydrogens is 180 g/mol. The molecular formula is C10H10N2S. The summed E-state index contributed by atoms with van der Waals surface area (Å²) in [6.07, 6.45) is 3.53. The molecule has 0 fully saturated rings. The fourth-order valence-electron chi connectivity index (χ4n) is 1.22. The van der Waals surface area contributed by atoms with E-state index in [1.165, 1.54) is 0 Å². The molecule has 2 aromatic heterocycles. The molecule has 0 bridgehead atoms. The first-order valence-corrected chi connectivity index (χ1v) is 5.00. The molecule has 0 aromatic carbocycles. The molecule has 2 rings (SSSR count). The van der Waals surface area contributed by atoms with E-state index in [0.29, 0.717) is 0 Å². The molecule has 3 heteroatoms. The van der Waals surface area contributed by atoms with Gasteiger partial charge in [-0.3, -0.25) is 4.98 Å². The lowest BCUT2D eigenvalue weighted by atomic mass is 10.0. The van der Waals surface area contributed by atoms with Gasteiger partial charge in [0.2, 0.25) is 0 Å². The third-order valence-corrected chi connectivity index (χ3v) is 2.67. The van der Waals surface area contributed by atoms with Crippen molar-refractivity contribution in [2.45, 2.75) is 6.04 Å². The maximum atomic E-state index is 6.04. The Morgan fingerprint density at radius 1 is 1.15 bits per heavy atom. The Morgan fingerprint density at radius 2 is 1.92 bits per heavy atom. The fraction of sp³-hybridized carbons (Fsp3) is 0.100. The van der Waals surface area contributed by atoms with Crippen LogP contribution in [0.1, 0.15) is 17.2 Å². The van der Waals surface area contributed by atoms with Crippen molar-refractivity contribution in [1.29, 1.82) is 0 Å². The molecule has 0 amide bonds. The smallest absolute Gasteiger partial charge is 0.0560 e. The molecule has 0 aliphatic rings. The van der Waals surface area contributed by atoms with Crippen LogP contribution in [0.15, 0.2) is 41.4 Å². The lowest BCUT2D eigenvalue weighted by Gasteiger charge is -2.08. The Labute approximate surface area is 81.1 Å². The van der Waals surface area contributed by atoms with E-state index in [4.69, 9.17) is 5.73 Å². The minimum Gasteiger partial charge on any atom is -0.320 e. The van der Waals surface area contributed by atoms with E-state index < -0.39 is 0 Å². The number of hydrogen-bond acceptors (Lipinski definition) is 3. The summed E-state index contributed by atoms with van der Waals surface area (Å²) in [6.45, 7) is 0. The van der Waals surface area contributed by atoms with Crippen LogP contribution in [0.2, 0.25) is 0 Å². The van der Waals surface area contributed by atoms with Crippen molar-refractivity contribution in [3.05, 3.63) is 52.5 Å². The molecule has 2 nitrogen and oxygen atoms in total. The second-order valence-electron chi connectivity index (χ2n) is 2.81. The van der Waals surface area contributed by atoms with Gasteiger partial charge in [0.1, 0.15) is 0 Å². The van der Waals surface area contributed by atoms with Gasteiger partial charge in [0.25, 0.3) is 0 Å². The lowest BCUT2D eigenvalue weighted by Crippen LogP contribution is -2.10. The van der Waals surface area contributed by atoms with E-state index in [-0.39, 0.29) is 6.04 Å². The van der Waals surface area contributed by atoms with Gasteiger partial charge in [0, 0.05) is 12.4 Å². The second-order valence-corrected chi connectivity index (χ2v) is 3.59. The summed E-state index contributed by atoms with van der Waals surface area (Å²) in [5.74, 6) is 0. The van der Waals surface area contributed by atoms with Gasteiger partial charge < -0.3 is 5.73 Å². The largest absolute Gasteiger partial charge is 0.320 e. The van der Waals surface area contributed by atoms with Gasteiger partial charge in [-0.05, 0) is 40.1 Å². The Hall–Kier alpha value is -1.19. The molecule has 0 aliphatic carbocycles. The predicted octanol–water partition coefficient (Wildman–Crippen LogP) is 2.19. The third kappa shape index (κ3) is 1.76. The van der Waals surface area contributed by atoms with Gasteiger partial charge in [0.05, 0.1) is 6.04 Å². The normalized spacial score (nSPS) is 12.7. The van der Waals surface area contributed by atoms with E-state index in [1.54, 1.807) is 23.7 Å². The molecule has 0 saturated carbocycles. The number of hydrogen-bond donors (Lipinski definition) is 1. The highest BCUT2D eigenvalue weighted by Gasteiger charge is 2.07. The van der Waals surface area contributed by atoms with Crippen molar-refractivity contribution in [2.75, 3.05) is 0 Å². The predicted molar refractivity (Wildman–Crippen MR) is 54.6 cm³/mol. The van der Waals surface area contributed by atoms with Crippen molar-refractivity contribution < 1.29 is 0 Å². The van der Waals surface area contributed by atoms with E-state index in [0.717, 1.165) is 11.1 Å². The maximum Gasteiger partial charge on any atom is 0.0560 e. The summed E-state index contributed by atoms with van der Waals surface area (Å²) in [5.41, 5.74) is 8.31. The van der Waals surface area contributed by atoms with Gasteiger partial charge in [-0.15, -0.1) is 0 Å². The second kappa shape index (κ2) is 3.68. The zero-order chi connectivity index (χ0) is 9.10. The first-order chi connectivity index (χ1) is 6.38. The Kier molecular flexibility index (Phi) is 2.38. The van der Waals surface area contributed by atoms with Crippen LogP contribution < -0.4 is 5.73 Å². The van der Waals surface area contributed by atoms with Gasteiger partial charge in [0.15, 0.2) is 0 Å². The van der Waals surface area contributed by atoms with E-state index in [1.807, 2.05) is 17.5 Å². The average molecular weight is 190 g/mol. The van der Waals surface area contributed by atoms with Crippen LogP contribution in [-0.2, 0) is 0 Å². The fourth-order valence-corrected chi connectivity index (χ4v) is 1.91.